The molecule has 9 nitrogen and oxygen atoms in total. The molecule has 1 fully saturated rings. The molecule has 2 N–H and O–H groups in total. The highest BCUT2D eigenvalue weighted by Gasteiger charge is 2.32. The Labute approximate surface area is 215 Å². The van der Waals surface area contributed by atoms with Crippen LogP contribution >= 0.6 is 0 Å². The van der Waals surface area contributed by atoms with Gasteiger partial charge in [0, 0.05) is 36.5 Å². The van der Waals surface area contributed by atoms with E-state index in [9.17, 15) is 21.6 Å². The van der Waals surface area contributed by atoms with Gasteiger partial charge in [-0.05, 0) is 67.4 Å². The molecule has 37 heavy (non-hydrogen) atoms. The number of anilines is 1. The van der Waals surface area contributed by atoms with Gasteiger partial charge in [0.15, 0.2) is 9.84 Å². The molecule has 1 saturated heterocycles. The van der Waals surface area contributed by atoms with Crippen molar-refractivity contribution in [2.45, 2.75) is 22.6 Å². The van der Waals surface area contributed by atoms with Crippen molar-refractivity contribution in [1.82, 2.24) is 14.3 Å². The normalized spacial score (nSPS) is 15.6. The van der Waals surface area contributed by atoms with Crippen LogP contribution in [-0.4, -0.2) is 56.4 Å². The summed E-state index contributed by atoms with van der Waals surface area (Å²) in [6, 6.07) is 20.5. The van der Waals surface area contributed by atoms with E-state index >= 15 is 0 Å². The van der Waals surface area contributed by atoms with Gasteiger partial charge < -0.3 is 10.3 Å². The third kappa shape index (κ3) is 5.29. The maximum Gasteiger partial charge on any atom is 0.243 e. The first kappa shape index (κ1) is 25.1. The van der Waals surface area contributed by atoms with Crippen molar-refractivity contribution in [3.8, 4) is 11.4 Å². The minimum Gasteiger partial charge on any atom is -0.338 e. The Bertz CT molecular complexity index is 1640. The van der Waals surface area contributed by atoms with Gasteiger partial charge in [-0.3, -0.25) is 4.79 Å². The maximum absolute atomic E-state index is 13.1. The summed E-state index contributed by atoms with van der Waals surface area (Å²) in [7, 11) is -7.40. The number of para-hydroxylation sites is 2. The molecule has 4 aromatic rings. The lowest BCUT2D eigenvalue weighted by Crippen LogP contribution is -2.41. The Kier molecular flexibility index (Phi) is 6.61. The number of sulfone groups is 1. The lowest BCUT2D eigenvalue weighted by Gasteiger charge is -2.30. The highest BCUT2D eigenvalue weighted by Crippen LogP contribution is 2.27. The van der Waals surface area contributed by atoms with E-state index in [0.717, 1.165) is 28.7 Å². The molecule has 0 atom stereocenters. The number of H-pyrrole nitrogens is 1. The van der Waals surface area contributed by atoms with Gasteiger partial charge in [-0.2, -0.15) is 4.31 Å². The summed E-state index contributed by atoms with van der Waals surface area (Å²) in [5, 5.41) is 2.92. The number of piperidine rings is 1. The van der Waals surface area contributed by atoms with Gasteiger partial charge in [0.1, 0.15) is 5.82 Å². The summed E-state index contributed by atoms with van der Waals surface area (Å²) >= 11 is 0. The molecular weight excluding hydrogens is 512 g/mol. The number of carbonyl (C=O) groups excluding carboxylic acids is 1. The number of hydrogen-bond donors (Lipinski definition) is 2. The van der Waals surface area contributed by atoms with Gasteiger partial charge in [-0.15, -0.1) is 0 Å². The lowest BCUT2D eigenvalue weighted by molar-refractivity contribution is -0.120. The third-order valence-corrected chi connectivity index (χ3v) is 9.52. The highest BCUT2D eigenvalue weighted by atomic mass is 32.2. The average molecular weight is 539 g/mol. The van der Waals surface area contributed by atoms with Gasteiger partial charge in [0.25, 0.3) is 0 Å². The molecule has 1 aromatic heterocycles. The summed E-state index contributed by atoms with van der Waals surface area (Å²) in [5.41, 5.74) is 3.38. The number of aromatic amines is 1. The van der Waals surface area contributed by atoms with Crippen LogP contribution in [0.2, 0.25) is 0 Å². The molecule has 0 spiro atoms. The second-order valence-electron chi connectivity index (χ2n) is 9.09. The Morgan fingerprint density at radius 2 is 1.59 bits per heavy atom. The molecular formula is C26H26N4O5S2. The van der Waals surface area contributed by atoms with Crippen LogP contribution in [0.15, 0.2) is 82.6 Å². The summed E-state index contributed by atoms with van der Waals surface area (Å²) < 4.78 is 51.1. The van der Waals surface area contributed by atoms with E-state index in [2.05, 4.69) is 15.3 Å². The zero-order chi connectivity index (χ0) is 26.2. The number of sulfonamides is 1. The van der Waals surface area contributed by atoms with Gasteiger partial charge in [-0.1, -0.05) is 18.2 Å². The van der Waals surface area contributed by atoms with Crippen LogP contribution in [-0.2, 0) is 24.7 Å². The second-order valence-corrected chi connectivity index (χ2v) is 13.0. The first-order valence-corrected chi connectivity index (χ1v) is 15.1. The number of benzene rings is 3. The number of carbonyl (C=O) groups is 1. The Hall–Kier alpha value is -3.54. The van der Waals surface area contributed by atoms with Crippen LogP contribution in [0.25, 0.3) is 22.4 Å². The predicted octanol–water partition coefficient (Wildman–Crippen LogP) is 3.67. The first-order valence-electron chi connectivity index (χ1n) is 11.8. The van der Waals surface area contributed by atoms with E-state index in [1.807, 2.05) is 48.5 Å². The Morgan fingerprint density at radius 3 is 2.27 bits per heavy atom. The zero-order valence-electron chi connectivity index (χ0n) is 20.1. The molecule has 11 heteroatoms. The van der Waals surface area contributed by atoms with Crippen molar-refractivity contribution in [1.29, 1.82) is 0 Å². The van der Waals surface area contributed by atoms with E-state index < -0.39 is 19.9 Å². The number of hydrogen-bond acceptors (Lipinski definition) is 6. The van der Waals surface area contributed by atoms with E-state index in [4.69, 9.17) is 0 Å². The molecule has 2 heterocycles. The fourth-order valence-corrected chi connectivity index (χ4v) is 6.68. The van der Waals surface area contributed by atoms with Crippen molar-refractivity contribution in [3.05, 3.63) is 72.8 Å². The summed E-state index contributed by atoms with van der Waals surface area (Å²) in [6.45, 7) is 0.350. The van der Waals surface area contributed by atoms with Gasteiger partial charge in [0.2, 0.25) is 15.9 Å². The minimum absolute atomic E-state index is 0.0471. The molecule has 1 amide bonds. The fourth-order valence-electron chi connectivity index (χ4n) is 4.42. The smallest absolute Gasteiger partial charge is 0.243 e. The minimum atomic E-state index is -3.87. The largest absolute Gasteiger partial charge is 0.338 e. The zero-order valence-corrected chi connectivity index (χ0v) is 21.7. The quantitative estimate of drug-likeness (QED) is 0.385. The summed E-state index contributed by atoms with van der Waals surface area (Å²) in [5.74, 6) is 0.256. The highest BCUT2D eigenvalue weighted by molar-refractivity contribution is 7.91. The van der Waals surface area contributed by atoms with Gasteiger partial charge in [-0.25, -0.2) is 21.8 Å². The van der Waals surface area contributed by atoms with Crippen molar-refractivity contribution in [2.24, 2.45) is 5.92 Å². The van der Waals surface area contributed by atoms with Crippen LogP contribution in [0.4, 0.5) is 5.69 Å². The molecule has 5 rings (SSSR count). The molecule has 1 aliphatic heterocycles. The number of rotatable bonds is 6. The molecule has 0 saturated carbocycles. The van der Waals surface area contributed by atoms with Crippen LogP contribution in [0, 0.1) is 5.92 Å². The lowest BCUT2D eigenvalue weighted by atomic mass is 9.97. The maximum atomic E-state index is 13.1. The topological polar surface area (TPSA) is 129 Å². The SMILES string of the molecule is CS(=O)(=O)c1cccc(S(=O)(=O)N2CCC(C(=O)Nc3ccc(-c4nc5ccccc5[nH]4)cc3)CC2)c1. The third-order valence-electron chi connectivity index (χ3n) is 6.51. The average Bonchev–Trinajstić information content (AvgIpc) is 3.33. The predicted molar refractivity (Wildman–Crippen MR) is 141 cm³/mol. The van der Waals surface area contributed by atoms with Crippen LogP contribution in [0.5, 0.6) is 0 Å². The molecule has 0 radical (unpaired) electrons. The van der Waals surface area contributed by atoms with Crippen molar-refractivity contribution < 1.29 is 21.6 Å². The molecule has 3 aromatic carbocycles. The Morgan fingerprint density at radius 1 is 0.919 bits per heavy atom. The molecule has 0 bridgehead atoms. The fraction of sp³-hybridized carbons (Fsp3) is 0.231. The number of aromatic nitrogens is 2. The second kappa shape index (κ2) is 9.73. The molecule has 0 unspecified atom stereocenters. The molecule has 192 valence electrons. The van der Waals surface area contributed by atoms with Crippen molar-refractivity contribution in [2.75, 3.05) is 24.7 Å². The van der Waals surface area contributed by atoms with Crippen LogP contribution in [0.1, 0.15) is 12.8 Å². The summed E-state index contributed by atoms with van der Waals surface area (Å²) in [6.07, 6.45) is 1.77. The van der Waals surface area contributed by atoms with Crippen molar-refractivity contribution >= 4 is 42.5 Å². The van der Waals surface area contributed by atoms with E-state index in [1.165, 1.54) is 28.6 Å². The number of amides is 1. The van der Waals surface area contributed by atoms with E-state index in [0.29, 0.717) is 18.5 Å². The van der Waals surface area contributed by atoms with Crippen LogP contribution in [0.3, 0.4) is 0 Å². The number of nitrogens with one attached hydrogen (secondary N) is 2. The standard InChI is InChI=1S/C26H26N4O5S2/c1-36(32,33)21-5-4-6-22(17-21)37(34,35)30-15-13-19(14-16-30)26(31)27-20-11-9-18(10-12-20)25-28-23-7-2-3-8-24(23)29-25/h2-12,17,19H,13-16H2,1H3,(H,27,31)(H,28,29). The van der Waals surface area contributed by atoms with E-state index in [-0.39, 0.29) is 34.7 Å². The molecule has 0 aliphatic carbocycles. The monoisotopic (exact) mass is 538 g/mol. The number of fused-ring (bicyclic) bond motifs is 1. The van der Waals surface area contributed by atoms with Crippen LogP contribution < -0.4 is 5.32 Å². The van der Waals surface area contributed by atoms with Crippen molar-refractivity contribution in [3.63, 3.8) is 0 Å². The van der Waals surface area contributed by atoms with Gasteiger partial charge in [0.05, 0.1) is 20.8 Å². The first-order chi connectivity index (χ1) is 17.6. The van der Waals surface area contributed by atoms with Gasteiger partial charge >= 0.3 is 0 Å². The number of imidazole rings is 1. The van der Waals surface area contributed by atoms with E-state index in [1.54, 1.807) is 0 Å². The molecule has 1 aliphatic rings. The number of nitrogens with zero attached hydrogens (tertiary/aromatic N) is 2. The Balaban J connectivity index is 1.21. The summed E-state index contributed by atoms with van der Waals surface area (Å²) in [4.78, 5) is 20.6.